The number of rotatable bonds is 2. The van der Waals surface area contributed by atoms with E-state index in [2.05, 4.69) is 42.3 Å². The molecule has 1 saturated heterocycles. The first-order valence-electron chi connectivity index (χ1n) is 7.51. The van der Waals surface area contributed by atoms with E-state index in [0.717, 1.165) is 30.5 Å². The third-order valence-corrected chi connectivity index (χ3v) is 4.32. The van der Waals surface area contributed by atoms with Crippen molar-refractivity contribution < 1.29 is 0 Å². The molecule has 2 aromatic rings. The van der Waals surface area contributed by atoms with E-state index in [-0.39, 0.29) is 0 Å². The van der Waals surface area contributed by atoms with Crippen molar-refractivity contribution in [2.24, 2.45) is 5.92 Å². The van der Waals surface area contributed by atoms with Gasteiger partial charge in [0.05, 0.1) is 11.9 Å². The predicted octanol–water partition coefficient (Wildman–Crippen LogP) is 3.82. The number of pyridine rings is 1. The summed E-state index contributed by atoms with van der Waals surface area (Å²) in [4.78, 5) is 7.19. The smallest absolute Gasteiger partial charge is 0.136 e. The largest absolute Gasteiger partial charge is 0.386 e. The second-order valence-corrected chi connectivity index (χ2v) is 5.94. The molecule has 0 bridgehead atoms. The lowest BCUT2D eigenvalue weighted by atomic mass is 9.99. The van der Waals surface area contributed by atoms with Crippen molar-refractivity contribution in [1.29, 1.82) is 0 Å². The Bertz CT molecular complexity index is 621. The fourth-order valence-electron chi connectivity index (χ4n) is 3.29. The number of benzene rings is 1. The molecule has 3 nitrogen and oxygen atoms in total. The quantitative estimate of drug-likeness (QED) is 0.898. The van der Waals surface area contributed by atoms with Crippen LogP contribution in [0.15, 0.2) is 24.4 Å². The number of hydrogen-bond acceptors (Lipinski definition) is 3. The number of anilines is 2. The van der Waals surface area contributed by atoms with Gasteiger partial charge in [-0.1, -0.05) is 25.1 Å². The van der Waals surface area contributed by atoms with Crippen LogP contribution in [0.4, 0.5) is 11.5 Å². The van der Waals surface area contributed by atoms with Crippen molar-refractivity contribution in [3.05, 3.63) is 30.0 Å². The first-order valence-corrected chi connectivity index (χ1v) is 7.51. The summed E-state index contributed by atoms with van der Waals surface area (Å²) >= 11 is 0. The van der Waals surface area contributed by atoms with E-state index in [1.165, 1.54) is 29.2 Å². The SMILES string of the molecule is CNc1cnc(N2CCCC(C)C2)c2cccc(C)c12. The average molecular weight is 269 g/mol. The number of nitrogens with one attached hydrogen (secondary N) is 1. The van der Waals surface area contributed by atoms with E-state index in [0.29, 0.717) is 0 Å². The van der Waals surface area contributed by atoms with Crippen LogP contribution in [0.25, 0.3) is 10.8 Å². The molecule has 0 radical (unpaired) electrons. The molecule has 3 rings (SSSR count). The minimum atomic E-state index is 0.759. The van der Waals surface area contributed by atoms with Gasteiger partial charge in [-0.05, 0) is 31.2 Å². The molecule has 1 fully saturated rings. The monoisotopic (exact) mass is 269 g/mol. The van der Waals surface area contributed by atoms with Gasteiger partial charge in [-0.3, -0.25) is 0 Å². The Morgan fingerprint density at radius 2 is 2.20 bits per heavy atom. The zero-order valence-corrected chi connectivity index (χ0v) is 12.6. The minimum Gasteiger partial charge on any atom is -0.386 e. The molecular weight excluding hydrogens is 246 g/mol. The third kappa shape index (κ3) is 2.21. The van der Waals surface area contributed by atoms with Crippen LogP contribution in [-0.4, -0.2) is 25.1 Å². The van der Waals surface area contributed by atoms with E-state index in [4.69, 9.17) is 4.98 Å². The van der Waals surface area contributed by atoms with E-state index >= 15 is 0 Å². The predicted molar refractivity (Wildman–Crippen MR) is 86.6 cm³/mol. The Balaban J connectivity index is 2.14. The number of aryl methyl sites for hydroxylation is 1. The first kappa shape index (κ1) is 13.2. The lowest BCUT2D eigenvalue weighted by Gasteiger charge is -2.33. The summed E-state index contributed by atoms with van der Waals surface area (Å²) in [5.74, 6) is 1.91. The number of hydrogen-bond donors (Lipinski definition) is 1. The molecule has 1 aliphatic rings. The highest BCUT2D eigenvalue weighted by molar-refractivity contribution is 6.02. The molecule has 1 N–H and O–H groups in total. The Morgan fingerprint density at radius 3 is 2.95 bits per heavy atom. The molecule has 1 aliphatic heterocycles. The lowest BCUT2D eigenvalue weighted by molar-refractivity contribution is 0.445. The van der Waals surface area contributed by atoms with Gasteiger partial charge in [0.1, 0.15) is 5.82 Å². The van der Waals surface area contributed by atoms with Gasteiger partial charge in [0.2, 0.25) is 0 Å². The Labute approximate surface area is 121 Å². The van der Waals surface area contributed by atoms with E-state index in [1.807, 2.05) is 13.2 Å². The topological polar surface area (TPSA) is 28.2 Å². The van der Waals surface area contributed by atoms with Crippen LogP contribution in [0.2, 0.25) is 0 Å². The maximum atomic E-state index is 4.74. The molecule has 106 valence electrons. The molecule has 1 aromatic carbocycles. The first-order chi connectivity index (χ1) is 9.70. The van der Waals surface area contributed by atoms with Gasteiger partial charge in [0.15, 0.2) is 0 Å². The van der Waals surface area contributed by atoms with Crippen molar-refractivity contribution in [2.75, 3.05) is 30.4 Å². The Morgan fingerprint density at radius 1 is 1.35 bits per heavy atom. The summed E-state index contributed by atoms with van der Waals surface area (Å²) < 4.78 is 0. The maximum Gasteiger partial charge on any atom is 0.136 e. The van der Waals surface area contributed by atoms with E-state index < -0.39 is 0 Å². The van der Waals surface area contributed by atoms with E-state index in [1.54, 1.807) is 0 Å². The number of aromatic nitrogens is 1. The van der Waals surface area contributed by atoms with Gasteiger partial charge >= 0.3 is 0 Å². The number of piperidine rings is 1. The van der Waals surface area contributed by atoms with Crippen LogP contribution in [0.5, 0.6) is 0 Å². The highest BCUT2D eigenvalue weighted by atomic mass is 15.2. The molecule has 1 unspecified atom stereocenters. The summed E-state index contributed by atoms with van der Waals surface area (Å²) in [6, 6.07) is 6.51. The number of nitrogens with zero attached hydrogens (tertiary/aromatic N) is 2. The van der Waals surface area contributed by atoms with Gasteiger partial charge in [-0.15, -0.1) is 0 Å². The van der Waals surface area contributed by atoms with Gasteiger partial charge in [0, 0.05) is 30.9 Å². The molecule has 0 aliphatic carbocycles. The summed E-state index contributed by atoms with van der Waals surface area (Å²) in [7, 11) is 1.96. The van der Waals surface area contributed by atoms with Crippen LogP contribution in [0.3, 0.4) is 0 Å². The van der Waals surface area contributed by atoms with Gasteiger partial charge in [-0.2, -0.15) is 0 Å². The standard InChI is InChI=1S/C17H23N3/c1-12-6-5-9-20(11-12)17-14-8-4-7-13(2)16(14)15(18-3)10-19-17/h4,7-8,10,12,18H,5-6,9,11H2,1-3H3. The molecular formula is C17H23N3. The Kier molecular flexibility index (Phi) is 3.51. The molecule has 3 heteroatoms. The molecule has 0 saturated carbocycles. The average Bonchev–Trinajstić information content (AvgIpc) is 2.46. The highest BCUT2D eigenvalue weighted by Crippen LogP contribution is 2.33. The minimum absolute atomic E-state index is 0.759. The maximum absolute atomic E-state index is 4.74. The lowest BCUT2D eigenvalue weighted by Crippen LogP contribution is -2.34. The number of fused-ring (bicyclic) bond motifs is 1. The summed E-state index contributed by atoms with van der Waals surface area (Å²) in [5.41, 5.74) is 2.42. The van der Waals surface area contributed by atoms with Crippen LogP contribution < -0.4 is 10.2 Å². The van der Waals surface area contributed by atoms with Gasteiger partial charge < -0.3 is 10.2 Å². The van der Waals surface area contributed by atoms with Crippen molar-refractivity contribution in [2.45, 2.75) is 26.7 Å². The van der Waals surface area contributed by atoms with Crippen LogP contribution in [0, 0.1) is 12.8 Å². The molecule has 1 aromatic heterocycles. The molecule has 20 heavy (non-hydrogen) atoms. The second kappa shape index (κ2) is 5.31. The van der Waals surface area contributed by atoms with Crippen LogP contribution in [0.1, 0.15) is 25.3 Å². The van der Waals surface area contributed by atoms with Gasteiger partial charge in [0.25, 0.3) is 0 Å². The Hall–Kier alpha value is -1.77. The third-order valence-electron chi connectivity index (χ3n) is 4.32. The molecule has 0 amide bonds. The molecule has 0 spiro atoms. The fraction of sp³-hybridized carbons (Fsp3) is 0.471. The van der Waals surface area contributed by atoms with E-state index in [9.17, 15) is 0 Å². The molecule has 2 heterocycles. The molecule has 1 atom stereocenters. The van der Waals surface area contributed by atoms with Crippen molar-refractivity contribution in [3.8, 4) is 0 Å². The normalized spacial score (nSPS) is 19.4. The van der Waals surface area contributed by atoms with Crippen molar-refractivity contribution in [1.82, 2.24) is 4.98 Å². The zero-order chi connectivity index (χ0) is 14.1. The second-order valence-electron chi connectivity index (χ2n) is 5.94. The van der Waals surface area contributed by atoms with Crippen LogP contribution >= 0.6 is 0 Å². The summed E-state index contributed by atoms with van der Waals surface area (Å²) in [5, 5.41) is 5.84. The van der Waals surface area contributed by atoms with Crippen molar-refractivity contribution >= 4 is 22.3 Å². The zero-order valence-electron chi connectivity index (χ0n) is 12.6. The summed E-state index contributed by atoms with van der Waals surface area (Å²) in [6.07, 6.45) is 4.58. The summed E-state index contributed by atoms with van der Waals surface area (Å²) in [6.45, 7) is 6.75. The van der Waals surface area contributed by atoms with Gasteiger partial charge in [-0.25, -0.2) is 4.98 Å². The highest BCUT2D eigenvalue weighted by Gasteiger charge is 2.20. The van der Waals surface area contributed by atoms with Crippen LogP contribution in [-0.2, 0) is 0 Å². The fourth-order valence-corrected chi connectivity index (χ4v) is 3.29. The van der Waals surface area contributed by atoms with Crippen molar-refractivity contribution in [3.63, 3.8) is 0 Å².